The number of rotatable bonds is 6. The summed E-state index contributed by atoms with van der Waals surface area (Å²) < 4.78 is 30.9. The summed E-state index contributed by atoms with van der Waals surface area (Å²) in [7, 11) is 0. The third kappa shape index (κ3) is 4.72. The highest BCUT2D eigenvalue weighted by Gasteiger charge is 2.12. The molecule has 0 aliphatic heterocycles. The van der Waals surface area contributed by atoms with Gasteiger partial charge in [-0.1, -0.05) is 0 Å². The molecule has 0 saturated heterocycles. The van der Waals surface area contributed by atoms with E-state index in [0.29, 0.717) is 11.3 Å². The molecule has 1 heterocycles. The van der Waals surface area contributed by atoms with E-state index in [-0.39, 0.29) is 24.8 Å². The highest BCUT2D eigenvalue weighted by atomic mass is 19.2. The van der Waals surface area contributed by atoms with E-state index in [0.717, 1.165) is 12.1 Å². The van der Waals surface area contributed by atoms with Crippen LogP contribution in [0.4, 0.5) is 8.78 Å². The third-order valence-corrected chi connectivity index (χ3v) is 3.08. The first-order valence-electron chi connectivity index (χ1n) is 6.93. The van der Waals surface area contributed by atoms with Crippen molar-refractivity contribution < 1.29 is 23.4 Å². The maximum atomic E-state index is 13.0. The number of amides is 1. The molecular weight excluding hydrogens is 306 g/mol. The molecule has 2 N–H and O–H groups in total. The van der Waals surface area contributed by atoms with Gasteiger partial charge in [0.15, 0.2) is 11.6 Å². The zero-order valence-corrected chi connectivity index (χ0v) is 12.4. The lowest BCUT2D eigenvalue weighted by atomic mass is 10.2. The molecule has 1 atom stereocenters. The monoisotopic (exact) mass is 322 g/mol. The van der Waals surface area contributed by atoms with Gasteiger partial charge in [0.1, 0.15) is 18.5 Å². The Labute approximate surface area is 131 Å². The smallest absolute Gasteiger partial charge is 0.253 e. The molecule has 0 aliphatic rings. The van der Waals surface area contributed by atoms with Crippen molar-refractivity contribution in [3.05, 3.63) is 59.4 Å². The van der Waals surface area contributed by atoms with Gasteiger partial charge >= 0.3 is 0 Å². The Hall–Kier alpha value is -2.54. The molecule has 2 aromatic rings. The van der Waals surface area contributed by atoms with Gasteiger partial charge in [0.05, 0.1) is 5.56 Å². The van der Waals surface area contributed by atoms with Crippen LogP contribution in [-0.2, 0) is 0 Å². The second-order valence-corrected chi connectivity index (χ2v) is 4.89. The molecule has 5 nitrogen and oxygen atoms in total. The number of benzene rings is 1. The summed E-state index contributed by atoms with van der Waals surface area (Å²) >= 11 is 0. The quantitative estimate of drug-likeness (QED) is 0.851. The van der Waals surface area contributed by atoms with Crippen LogP contribution >= 0.6 is 0 Å². The molecular formula is C16H16F2N2O3. The first-order valence-corrected chi connectivity index (χ1v) is 6.93. The maximum absolute atomic E-state index is 13.0. The average molecular weight is 322 g/mol. The Morgan fingerprint density at radius 2 is 2.13 bits per heavy atom. The van der Waals surface area contributed by atoms with Crippen molar-refractivity contribution in [2.75, 3.05) is 13.2 Å². The van der Waals surface area contributed by atoms with E-state index in [9.17, 15) is 18.7 Å². The number of halogens is 2. The largest absolute Gasteiger partial charge is 0.491 e. The summed E-state index contributed by atoms with van der Waals surface area (Å²) in [5.74, 6) is -2.27. The fourth-order valence-electron chi connectivity index (χ4n) is 1.85. The van der Waals surface area contributed by atoms with Gasteiger partial charge < -0.3 is 15.2 Å². The summed E-state index contributed by atoms with van der Waals surface area (Å²) in [5.41, 5.74) is 0.999. The number of aromatic nitrogens is 1. The number of ether oxygens (including phenoxy) is 1. The SMILES string of the molecule is Cc1ncccc1C(=O)NCC(O)COc1ccc(F)c(F)c1. The van der Waals surface area contributed by atoms with Gasteiger partial charge in [0.2, 0.25) is 0 Å². The summed E-state index contributed by atoms with van der Waals surface area (Å²) in [6, 6.07) is 6.35. The topological polar surface area (TPSA) is 71.5 Å². The van der Waals surface area contributed by atoms with E-state index in [1.54, 1.807) is 25.3 Å². The van der Waals surface area contributed by atoms with Crippen LogP contribution in [0.25, 0.3) is 0 Å². The van der Waals surface area contributed by atoms with Crippen LogP contribution in [0.3, 0.4) is 0 Å². The highest BCUT2D eigenvalue weighted by molar-refractivity contribution is 5.95. The fraction of sp³-hybridized carbons (Fsp3) is 0.250. The van der Waals surface area contributed by atoms with Crippen molar-refractivity contribution in [3.8, 4) is 5.75 Å². The molecule has 23 heavy (non-hydrogen) atoms. The Bertz CT molecular complexity index is 695. The minimum absolute atomic E-state index is 0.0448. The van der Waals surface area contributed by atoms with Crippen LogP contribution in [0.15, 0.2) is 36.5 Å². The number of aliphatic hydroxyl groups excluding tert-OH is 1. The first-order chi connectivity index (χ1) is 11.0. The second kappa shape index (κ2) is 7.64. The lowest BCUT2D eigenvalue weighted by molar-refractivity contribution is 0.0842. The minimum Gasteiger partial charge on any atom is -0.491 e. The van der Waals surface area contributed by atoms with E-state index in [1.807, 2.05) is 0 Å². The van der Waals surface area contributed by atoms with Gasteiger partial charge in [-0.15, -0.1) is 0 Å². The summed E-state index contributed by atoms with van der Waals surface area (Å²) in [4.78, 5) is 15.9. The molecule has 0 saturated carbocycles. The van der Waals surface area contributed by atoms with Crippen molar-refractivity contribution >= 4 is 5.91 Å². The molecule has 1 aromatic heterocycles. The van der Waals surface area contributed by atoms with Crippen LogP contribution in [0.1, 0.15) is 16.1 Å². The molecule has 1 amide bonds. The average Bonchev–Trinajstić information content (AvgIpc) is 2.54. The van der Waals surface area contributed by atoms with Gasteiger partial charge in [-0.3, -0.25) is 9.78 Å². The van der Waals surface area contributed by atoms with E-state index in [4.69, 9.17) is 4.74 Å². The van der Waals surface area contributed by atoms with E-state index in [1.165, 1.54) is 6.07 Å². The zero-order chi connectivity index (χ0) is 16.8. The maximum Gasteiger partial charge on any atom is 0.253 e. The Morgan fingerprint density at radius 1 is 1.35 bits per heavy atom. The molecule has 1 aromatic carbocycles. The van der Waals surface area contributed by atoms with Gasteiger partial charge in [0, 0.05) is 24.5 Å². The molecule has 0 fully saturated rings. The van der Waals surface area contributed by atoms with Crippen molar-refractivity contribution in [2.24, 2.45) is 0 Å². The van der Waals surface area contributed by atoms with Crippen LogP contribution in [0, 0.1) is 18.6 Å². The second-order valence-electron chi connectivity index (χ2n) is 4.89. The highest BCUT2D eigenvalue weighted by Crippen LogP contribution is 2.15. The van der Waals surface area contributed by atoms with Crippen LogP contribution in [0.2, 0.25) is 0 Å². The number of carbonyl (C=O) groups excluding carboxylic acids is 1. The molecule has 2 rings (SSSR count). The molecule has 0 radical (unpaired) electrons. The molecule has 1 unspecified atom stereocenters. The number of hydrogen-bond acceptors (Lipinski definition) is 4. The van der Waals surface area contributed by atoms with Crippen molar-refractivity contribution in [1.82, 2.24) is 10.3 Å². The van der Waals surface area contributed by atoms with Crippen LogP contribution < -0.4 is 10.1 Å². The number of hydrogen-bond donors (Lipinski definition) is 2. The molecule has 7 heteroatoms. The van der Waals surface area contributed by atoms with Crippen molar-refractivity contribution in [3.63, 3.8) is 0 Å². The number of aliphatic hydroxyl groups is 1. The normalized spacial score (nSPS) is 11.8. The lowest BCUT2D eigenvalue weighted by Gasteiger charge is -2.14. The van der Waals surface area contributed by atoms with Gasteiger partial charge in [0.25, 0.3) is 5.91 Å². The number of carbonyl (C=O) groups is 1. The predicted molar refractivity (Wildman–Crippen MR) is 79.2 cm³/mol. The first kappa shape index (κ1) is 16.8. The van der Waals surface area contributed by atoms with E-state index in [2.05, 4.69) is 10.3 Å². The number of nitrogens with zero attached hydrogens (tertiary/aromatic N) is 1. The summed E-state index contributed by atoms with van der Waals surface area (Å²) in [6.07, 6.45) is 0.584. The molecule has 122 valence electrons. The lowest BCUT2D eigenvalue weighted by Crippen LogP contribution is -2.35. The standard InChI is InChI=1S/C16H16F2N2O3/c1-10-13(3-2-6-19-10)16(22)20-8-11(21)9-23-12-4-5-14(17)15(18)7-12/h2-7,11,21H,8-9H2,1H3,(H,20,22). The van der Waals surface area contributed by atoms with Crippen LogP contribution in [-0.4, -0.2) is 35.3 Å². The molecule has 0 bridgehead atoms. The van der Waals surface area contributed by atoms with E-state index < -0.39 is 17.7 Å². The van der Waals surface area contributed by atoms with Crippen molar-refractivity contribution in [2.45, 2.75) is 13.0 Å². The number of aryl methyl sites for hydroxylation is 1. The Kier molecular flexibility index (Phi) is 5.59. The summed E-state index contributed by atoms with van der Waals surface area (Å²) in [5, 5.41) is 12.3. The zero-order valence-electron chi connectivity index (χ0n) is 12.4. The summed E-state index contributed by atoms with van der Waals surface area (Å²) in [6.45, 7) is 1.49. The van der Waals surface area contributed by atoms with Gasteiger partial charge in [-0.05, 0) is 31.2 Å². The third-order valence-electron chi connectivity index (χ3n) is 3.08. The van der Waals surface area contributed by atoms with Crippen molar-refractivity contribution in [1.29, 1.82) is 0 Å². The predicted octanol–water partition coefficient (Wildman–Crippen LogP) is 1.84. The van der Waals surface area contributed by atoms with Gasteiger partial charge in [-0.25, -0.2) is 8.78 Å². The Morgan fingerprint density at radius 3 is 2.83 bits per heavy atom. The minimum atomic E-state index is -1.03. The van der Waals surface area contributed by atoms with Gasteiger partial charge in [-0.2, -0.15) is 0 Å². The Balaban J connectivity index is 1.81. The van der Waals surface area contributed by atoms with Crippen LogP contribution in [0.5, 0.6) is 5.75 Å². The van der Waals surface area contributed by atoms with E-state index >= 15 is 0 Å². The number of nitrogens with one attached hydrogen (secondary N) is 1. The molecule has 0 spiro atoms. The number of pyridine rings is 1. The molecule has 0 aliphatic carbocycles. The fourth-order valence-corrected chi connectivity index (χ4v) is 1.85.